The van der Waals surface area contributed by atoms with Gasteiger partial charge in [-0.3, -0.25) is 4.90 Å². The zero-order valence-electron chi connectivity index (χ0n) is 9.09. The Morgan fingerprint density at radius 3 is 2.50 bits per heavy atom. The number of halogens is 3. The lowest BCUT2D eigenvalue weighted by molar-refractivity contribution is 0.0970. The first-order valence-corrected chi connectivity index (χ1v) is 4.97. The van der Waals surface area contributed by atoms with Gasteiger partial charge in [-0.2, -0.15) is 0 Å². The van der Waals surface area contributed by atoms with E-state index in [0.717, 1.165) is 0 Å². The number of nitrogens with two attached hydrogens (primary N) is 1. The molecule has 90 valence electrons. The minimum atomic E-state index is -2.41. The van der Waals surface area contributed by atoms with Crippen LogP contribution in [0.25, 0.3) is 0 Å². The summed E-state index contributed by atoms with van der Waals surface area (Å²) in [5.74, 6) is -0.397. The van der Waals surface area contributed by atoms with E-state index in [1.54, 1.807) is 18.2 Å². The molecule has 0 aliphatic rings. The number of benzene rings is 1. The van der Waals surface area contributed by atoms with E-state index in [1.807, 2.05) is 0 Å². The molecule has 0 aliphatic heterocycles. The first-order valence-electron chi connectivity index (χ1n) is 4.97. The molecule has 0 unspecified atom stereocenters. The van der Waals surface area contributed by atoms with Crippen LogP contribution in [0.3, 0.4) is 0 Å². The Morgan fingerprint density at radius 1 is 1.31 bits per heavy atom. The fraction of sp³-hybridized carbons (Fsp3) is 0.455. The standard InChI is InChI=1S/C11H15F3N2/c1-16(7-10(12)13)6-9-4-2-3-8(5-15)11(9)14/h2-4,10H,5-7,15H2,1H3. The Labute approximate surface area is 92.9 Å². The van der Waals surface area contributed by atoms with Crippen LogP contribution in [-0.2, 0) is 13.1 Å². The van der Waals surface area contributed by atoms with Crippen LogP contribution in [0.1, 0.15) is 11.1 Å². The van der Waals surface area contributed by atoms with Crippen LogP contribution in [0.15, 0.2) is 18.2 Å². The van der Waals surface area contributed by atoms with E-state index in [4.69, 9.17) is 5.73 Å². The van der Waals surface area contributed by atoms with Gasteiger partial charge in [0.15, 0.2) is 0 Å². The maximum absolute atomic E-state index is 13.7. The molecule has 0 fully saturated rings. The van der Waals surface area contributed by atoms with E-state index in [1.165, 1.54) is 11.9 Å². The number of rotatable bonds is 5. The second-order valence-electron chi connectivity index (χ2n) is 3.68. The molecule has 0 amide bonds. The van der Waals surface area contributed by atoms with E-state index in [2.05, 4.69) is 0 Å². The van der Waals surface area contributed by atoms with Crippen LogP contribution in [0.4, 0.5) is 13.2 Å². The molecule has 16 heavy (non-hydrogen) atoms. The summed E-state index contributed by atoms with van der Waals surface area (Å²) in [5, 5.41) is 0. The molecule has 0 aromatic heterocycles. The largest absolute Gasteiger partial charge is 0.326 e. The zero-order valence-corrected chi connectivity index (χ0v) is 9.09. The fourth-order valence-corrected chi connectivity index (χ4v) is 1.50. The van der Waals surface area contributed by atoms with Crippen molar-refractivity contribution in [3.05, 3.63) is 35.1 Å². The van der Waals surface area contributed by atoms with Gasteiger partial charge in [-0.15, -0.1) is 0 Å². The molecule has 0 radical (unpaired) electrons. The third-order valence-corrected chi connectivity index (χ3v) is 2.27. The Morgan fingerprint density at radius 2 is 1.94 bits per heavy atom. The molecule has 2 nitrogen and oxygen atoms in total. The molecular formula is C11H15F3N2. The van der Waals surface area contributed by atoms with Crippen molar-refractivity contribution in [3.8, 4) is 0 Å². The van der Waals surface area contributed by atoms with Gasteiger partial charge in [-0.05, 0) is 7.05 Å². The highest BCUT2D eigenvalue weighted by Crippen LogP contribution is 2.14. The molecule has 1 aromatic rings. The number of hydrogen-bond acceptors (Lipinski definition) is 2. The van der Waals surface area contributed by atoms with Gasteiger partial charge in [0.2, 0.25) is 0 Å². The van der Waals surface area contributed by atoms with Gasteiger partial charge in [-0.25, -0.2) is 13.2 Å². The van der Waals surface area contributed by atoms with Crippen molar-refractivity contribution in [2.45, 2.75) is 19.5 Å². The summed E-state index contributed by atoms with van der Waals surface area (Å²) < 4.78 is 37.8. The Bertz CT molecular complexity index is 342. The molecule has 0 bridgehead atoms. The average molecular weight is 232 g/mol. The van der Waals surface area contributed by atoms with Crippen molar-refractivity contribution in [2.24, 2.45) is 5.73 Å². The lowest BCUT2D eigenvalue weighted by Crippen LogP contribution is -2.24. The van der Waals surface area contributed by atoms with E-state index in [-0.39, 0.29) is 19.6 Å². The van der Waals surface area contributed by atoms with E-state index in [0.29, 0.717) is 11.1 Å². The minimum Gasteiger partial charge on any atom is -0.326 e. The van der Waals surface area contributed by atoms with Gasteiger partial charge in [0, 0.05) is 24.2 Å². The quantitative estimate of drug-likeness (QED) is 0.841. The average Bonchev–Trinajstić information content (AvgIpc) is 2.20. The highest BCUT2D eigenvalue weighted by molar-refractivity contribution is 5.25. The minimum absolute atomic E-state index is 0.109. The summed E-state index contributed by atoms with van der Waals surface area (Å²) >= 11 is 0. The molecule has 0 spiro atoms. The molecule has 5 heteroatoms. The van der Waals surface area contributed by atoms with Crippen LogP contribution in [-0.4, -0.2) is 24.9 Å². The van der Waals surface area contributed by atoms with Crippen LogP contribution in [0.2, 0.25) is 0 Å². The summed E-state index contributed by atoms with van der Waals surface area (Å²) in [7, 11) is 1.53. The summed E-state index contributed by atoms with van der Waals surface area (Å²) in [5.41, 5.74) is 6.16. The smallest absolute Gasteiger partial charge is 0.251 e. The van der Waals surface area contributed by atoms with Crippen LogP contribution in [0, 0.1) is 5.82 Å². The van der Waals surface area contributed by atoms with Crippen molar-refractivity contribution >= 4 is 0 Å². The van der Waals surface area contributed by atoms with E-state index >= 15 is 0 Å². The molecule has 0 saturated carbocycles. The normalized spacial score (nSPS) is 11.4. The predicted octanol–water partition coefficient (Wildman–Crippen LogP) is 1.98. The molecule has 2 N–H and O–H groups in total. The number of nitrogens with zero attached hydrogens (tertiary/aromatic N) is 1. The molecule has 0 atom stereocenters. The van der Waals surface area contributed by atoms with Crippen molar-refractivity contribution < 1.29 is 13.2 Å². The van der Waals surface area contributed by atoms with Crippen molar-refractivity contribution in [1.29, 1.82) is 0 Å². The number of alkyl halides is 2. The third kappa shape index (κ3) is 3.50. The van der Waals surface area contributed by atoms with Crippen LogP contribution in [0.5, 0.6) is 0 Å². The van der Waals surface area contributed by atoms with Crippen LogP contribution < -0.4 is 5.73 Å². The molecule has 0 heterocycles. The SMILES string of the molecule is CN(Cc1cccc(CN)c1F)CC(F)F. The van der Waals surface area contributed by atoms with Gasteiger partial charge in [-0.1, -0.05) is 18.2 Å². The van der Waals surface area contributed by atoms with E-state index in [9.17, 15) is 13.2 Å². The first kappa shape index (κ1) is 13.0. The maximum Gasteiger partial charge on any atom is 0.251 e. The second kappa shape index (κ2) is 5.86. The number of hydrogen-bond donors (Lipinski definition) is 1. The third-order valence-electron chi connectivity index (χ3n) is 2.27. The summed E-state index contributed by atoms with van der Waals surface area (Å²) in [6, 6.07) is 4.85. The zero-order chi connectivity index (χ0) is 12.1. The topological polar surface area (TPSA) is 29.3 Å². The lowest BCUT2D eigenvalue weighted by atomic mass is 10.1. The Kier molecular flexibility index (Phi) is 4.76. The molecular weight excluding hydrogens is 217 g/mol. The molecule has 0 saturated heterocycles. The second-order valence-corrected chi connectivity index (χ2v) is 3.68. The summed E-state index contributed by atoms with van der Waals surface area (Å²) in [4.78, 5) is 1.38. The molecule has 1 rings (SSSR count). The van der Waals surface area contributed by atoms with Gasteiger partial charge in [0.25, 0.3) is 6.43 Å². The van der Waals surface area contributed by atoms with Gasteiger partial charge in [0.1, 0.15) is 5.82 Å². The highest BCUT2D eigenvalue weighted by Gasteiger charge is 2.12. The summed E-state index contributed by atoms with van der Waals surface area (Å²) in [6.45, 7) is -0.103. The van der Waals surface area contributed by atoms with Crippen molar-refractivity contribution in [3.63, 3.8) is 0 Å². The van der Waals surface area contributed by atoms with Crippen molar-refractivity contribution in [2.75, 3.05) is 13.6 Å². The maximum atomic E-state index is 13.7. The highest BCUT2D eigenvalue weighted by atomic mass is 19.3. The van der Waals surface area contributed by atoms with Crippen molar-refractivity contribution in [1.82, 2.24) is 4.90 Å². The Balaban J connectivity index is 2.73. The van der Waals surface area contributed by atoms with Gasteiger partial charge in [0.05, 0.1) is 6.54 Å². The van der Waals surface area contributed by atoms with Crippen LogP contribution >= 0.6 is 0 Å². The first-order chi connectivity index (χ1) is 7.54. The summed E-state index contributed by atoms with van der Waals surface area (Å²) in [6.07, 6.45) is -2.41. The van der Waals surface area contributed by atoms with E-state index < -0.39 is 12.2 Å². The van der Waals surface area contributed by atoms with Gasteiger partial charge < -0.3 is 5.73 Å². The Hall–Kier alpha value is -1.07. The lowest BCUT2D eigenvalue weighted by Gasteiger charge is -2.17. The fourth-order valence-electron chi connectivity index (χ4n) is 1.50. The predicted molar refractivity (Wildman–Crippen MR) is 56.6 cm³/mol. The molecule has 0 aliphatic carbocycles. The molecule has 1 aromatic carbocycles. The monoisotopic (exact) mass is 232 g/mol. The van der Waals surface area contributed by atoms with Gasteiger partial charge >= 0.3 is 0 Å².